The van der Waals surface area contributed by atoms with Gasteiger partial charge in [-0.3, -0.25) is 0 Å². The number of nitrogens with one attached hydrogen (secondary N) is 1. The van der Waals surface area contributed by atoms with Crippen molar-refractivity contribution >= 4 is 29.1 Å². The van der Waals surface area contributed by atoms with Crippen molar-refractivity contribution in [1.29, 1.82) is 0 Å². The van der Waals surface area contributed by atoms with E-state index in [1.54, 1.807) is 0 Å². The number of benzene rings is 1. The van der Waals surface area contributed by atoms with Crippen LogP contribution in [0.3, 0.4) is 0 Å². The molecular weight excluding hydrogens is 285 g/mol. The smallest absolute Gasteiger partial charge is 0.381 e. The van der Waals surface area contributed by atoms with Gasteiger partial charge in [-0.1, -0.05) is 11.6 Å². The molecule has 1 aromatic carbocycles. The number of alkyl halides is 3. The van der Waals surface area contributed by atoms with Crippen LogP contribution in [0.5, 0.6) is 0 Å². The zero-order valence-corrected chi connectivity index (χ0v) is 9.82. The summed E-state index contributed by atoms with van der Waals surface area (Å²) in [6.07, 6.45) is 0. The van der Waals surface area contributed by atoms with Crippen molar-refractivity contribution in [3.05, 3.63) is 28.8 Å². The molecule has 17 heavy (non-hydrogen) atoms. The van der Waals surface area contributed by atoms with Gasteiger partial charge >= 0.3 is 5.51 Å². The maximum Gasteiger partial charge on any atom is 0.441 e. The van der Waals surface area contributed by atoms with Crippen molar-refractivity contribution in [3.8, 4) is 0 Å². The number of hydrogen-bond acceptors (Lipinski definition) is 2. The second-order valence-corrected chi connectivity index (χ2v) is 4.53. The first kappa shape index (κ1) is 14.4. The molecule has 0 spiro atoms. The molecule has 0 saturated carbocycles. The van der Waals surface area contributed by atoms with Gasteiger partial charge in [-0.15, -0.1) is 0 Å². The van der Waals surface area contributed by atoms with Crippen LogP contribution in [0, 0.1) is 11.6 Å². The van der Waals surface area contributed by atoms with Crippen molar-refractivity contribution in [1.82, 2.24) is 0 Å². The largest absolute Gasteiger partial charge is 0.441 e. The second-order valence-electron chi connectivity index (χ2n) is 2.97. The van der Waals surface area contributed by atoms with Gasteiger partial charge in [-0.2, -0.15) is 13.2 Å². The van der Waals surface area contributed by atoms with E-state index in [4.69, 9.17) is 11.6 Å². The molecule has 0 heterocycles. The minimum absolute atomic E-state index is 0.132. The van der Waals surface area contributed by atoms with E-state index in [1.165, 1.54) is 0 Å². The Bertz CT molecular complexity index is 372. The summed E-state index contributed by atoms with van der Waals surface area (Å²) in [5.74, 6) is -2.08. The third-order valence-corrected chi connectivity index (χ3v) is 2.71. The lowest BCUT2D eigenvalue weighted by atomic mass is 10.3. The number of halogens is 6. The molecule has 0 fully saturated rings. The Hall–Kier alpha value is -0.690. The van der Waals surface area contributed by atoms with Crippen LogP contribution < -0.4 is 5.32 Å². The predicted octanol–water partition coefficient (Wildman–Crippen LogP) is 4.28. The molecule has 1 N–H and O–H groups in total. The summed E-state index contributed by atoms with van der Waals surface area (Å²) in [4.78, 5) is 0. The monoisotopic (exact) mass is 291 g/mol. The van der Waals surface area contributed by atoms with Gasteiger partial charge in [0.1, 0.15) is 5.82 Å². The zero-order valence-electron chi connectivity index (χ0n) is 8.24. The molecule has 96 valence electrons. The fourth-order valence-corrected chi connectivity index (χ4v) is 1.75. The summed E-state index contributed by atoms with van der Waals surface area (Å²) in [6, 6.07) is 1.48. The first-order chi connectivity index (χ1) is 7.79. The molecule has 0 bridgehead atoms. The van der Waals surface area contributed by atoms with E-state index in [0.717, 1.165) is 6.07 Å². The Morgan fingerprint density at radius 1 is 1.24 bits per heavy atom. The molecule has 0 radical (unpaired) electrons. The van der Waals surface area contributed by atoms with E-state index in [0.29, 0.717) is 6.07 Å². The Morgan fingerprint density at radius 2 is 1.88 bits per heavy atom. The molecule has 0 saturated heterocycles. The van der Waals surface area contributed by atoms with Gasteiger partial charge in [0.25, 0.3) is 0 Å². The highest BCUT2D eigenvalue weighted by molar-refractivity contribution is 8.00. The van der Waals surface area contributed by atoms with Crippen molar-refractivity contribution in [3.63, 3.8) is 0 Å². The molecule has 0 aromatic heterocycles. The SMILES string of the molecule is Fc1cc(F)c(NCCSC(F)(F)F)c(Cl)c1. The minimum Gasteiger partial charge on any atom is -0.381 e. The van der Waals surface area contributed by atoms with Crippen LogP contribution in [0.1, 0.15) is 0 Å². The van der Waals surface area contributed by atoms with Crippen LogP contribution >= 0.6 is 23.4 Å². The molecule has 0 aliphatic heterocycles. The maximum atomic E-state index is 13.2. The lowest BCUT2D eigenvalue weighted by Gasteiger charge is -2.10. The number of thioether (sulfide) groups is 1. The van der Waals surface area contributed by atoms with Crippen molar-refractivity contribution in [2.75, 3.05) is 17.6 Å². The fourth-order valence-electron chi connectivity index (χ4n) is 1.05. The zero-order chi connectivity index (χ0) is 13.1. The van der Waals surface area contributed by atoms with Gasteiger partial charge in [-0.05, 0) is 17.8 Å². The van der Waals surface area contributed by atoms with Crippen LogP contribution in [0.25, 0.3) is 0 Å². The highest BCUT2D eigenvalue weighted by atomic mass is 35.5. The highest BCUT2D eigenvalue weighted by Crippen LogP contribution is 2.30. The third kappa shape index (κ3) is 4.99. The summed E-state index contributed by atoms with van der Waals surface area (Å²) in [5.41, 5.74) is -4.52. The molecule has 1 aromatic rings. The highest BCUT2D eigenvalue weighted by Gasteiger charge is 2.27. The van der Waals surface area contributed by atoms with Crippen LogP contribution in [0.2, 0.25) is 5.02 Å². The molecule has 0 amide bonds. The van der Waals surface area contributed by atoms with E-state index in [1.807, 2.05) is 0 Å². The van der Waals surface area contributed by atoms with Gasteiger partial charge in [0.15, 0.2) is 5.82 Å². The summed E-state index contributed by atoms with van der Waals surface area (Å²) in [5, 5.41) is 2.18. The average molecular weight is 292 g/mol. The molecule has 0 aliphatic carbocycles. The molecular formula is C9H7ClF5NS. The lowest BCUT2D eigenvalue weighted by molar-refractivity contribution is -0.0327. The fraction of sp³-hybridized carbons (Fsp3) is 0.333. The van der Waals surface area contributed by atoms with E-state index >= 15 is 0 Å². The van der Waals surface area contributed by atoms with Gasteiger partial charge in [-0.25, -0.2) is 8.78 Å². The summed E-state index contributed by atoms with van der Waals surface area (Å²) in [6.45, 7) is -0.132. The number of rotatable bonds is 4. The van der Waals surface area contributed by atoms with Crippen LogP contribution in [0.15, 0.2) is 12.1 Å². The van der Waals surface area contributed by atoms with Crippen molar-refractivity contribution in [2.24, 2.45) is 0 Å². The maximum absolute atomic E-state index is 13.2. The molecule has 0 aliphatic rings. The Balaban J connectivity index is 2.53. The lowest BCUT2D eigenvalue weighted by Crippen LogP contribution is -2.10. The summed E-state index contributed by atoms with van der Waals surface area (Å²) in [7, 11) is 0. The van der Waals surface area contributed by atoms with Crippen LogP contribution in [-0.4, -0.2) is 17.8 Å². The molecule has 0 atom stereocenters. The van der Waals surface area contributed by atoms with E-state index in [2.05, 4.69) is 5.32 Å². The normalized spacial score (nSPS) is 11.6. The topological polar surface area (TPSA) is 12.0 Å². The molecule has 0 unspecified atom stereocenters. The van der Waals surface area contributed by atoms with E-state index < -0.39 is 17.1 Å². The average Bonchev–Trinajstić information content (AvgIpc) is 2.13. The first-order valence-electron chi connectivity index (χ1n) is 4.38. The minimum atomic E-state index is -4.33. The Kier molecular flexibility index (Phi) is 4.88. The van der Waals surface area contributed by atoms with Crippen molar-refractivity contribution in [2.45, 2.75) is 5.51 Å². The predicted molar refractivity (Wildman–Crippen MR) is 58.4 cm³/mol. The first-order valence-corrected chi connectivity index (χ1v) is 5.75. The van der Waals surface area contributed by atoms with Gasteiger partial charge in [0.2, 0.25) is 0 Å². The summed E-state index contributed by atoms with van der Waals surface area (Å²) < 4.78 is 61.1. The number of hydrogen-bond donors (Lipinski definition) is 1. The Labute approximate surface area is 103 Å². The molecule has 8 heteroatoms. The van der Waals surface area contributed by atoms with Gasteiger partial charge < -0.3 is 5.32 Å². The summed E-state index contributed by atoms with van der Waals surface area (Å²) >= 11 is 5.30. The third-order valence-electron chi connectivity index (χ3n) is 1.68. The van der Waals surface area contributed by atoms with Gasteiger partial charge in [0, 0.05) is 18.4 Å². The van der Waals surface area contributed by atoms with Crippen LogP contribution in [-0.2, 0) is 0 Å². The standard InChI is InChI=1S/C9H7ClF5NS/c10-6-3-5(11)4-7(12)8(6)16-1-2-17-9(13,14)15/h3-4,16H,1-2H2. The number of anilines is 1. The van der Waals surface area contributed by atoms with E-state index in [9.17, 15) is 22.0 Å². The van der Waals surface area contributed by atoms with Gasteiger partial charge in [0.05, 0.1) is 10.7 Å². The van der Waals surface area contributed by atoms with E-state index in [-0.39, 0.29) is 34.8 Å². The second kappa shape index (κ2) is 5.77. The van der Waals surface area contributed by atoms with Crippen LogP contribution in [0.4, 0.5) is 27.6 Å². The quantitative estimate of drug-likeness (QED) is 0.656. The van der Waals surface area contributed by atoms with Crippen molar-refractivity contribution < 1.29 is 22.0 Å². The Morgan fingerprint density at radius 3 is 2.41 bits per heavy atom. The molecule has 1 rings (SSSR count). The molecule has 1 nitrogen and oxygen atoms in total.